The Morgan fingerprint density at radius 3 is 2.52 bits per heavy atom. The monoisotopic (exact) mass is 307 g/mol. The minimum Gasteiger partial charge on any atom is -0.353 e. The van der Waals surface area contributed by atoms with Gasteiger partial charge in [0, 0.05) is 6.04 Å². The van der Waals surface area contributed by atoms with E-state index in [1.165, 1.54) is 0 Å². The van der Waals surface area contributed by atoms with Gasteiger partial charge in [0.15, 0.2) is 0 Å². The van der Waals surface area contributed by atoms with E-state index in [1.807, 2.05) is 62.4 Å². The van der Waals surface area contributed by atoms with Crippen molar-refractivity contribution in [3.63, 3.8) is 0 Å². The molecule has 23 heavy (non-hydrogen) atoms. The number of rotatable bonds is 5. The smallest absolute Gasteiger partial charge is 0.237 e. The van der Waals surface area contributed by atoms with Crippen LogP contribution in [0.5, 0.6) is 0 Å². The highest BCUT2D eigenvalue weighted by Crippen LogP contribution is 2.24. The van der Waals surface area contributed by atoms with Gasteiger partial charge in [-0.15, -0.1) is 0 Å². The highest BCUT2D eigenvalue weighted by atomic mass is 16.2. The molecule has 0 aliphatic heterocycles. The molecule has 0 saturated carbocycles. The van der Waals surface area contributed by atoms with Gasteiger partial charge in [0.25, 0.3) is 0 Å². The first-order valence-corrected chi connectivity index (χ1v) is 7.65. The van der Waals surface area contributed by atoms with Gasteiger partial charge in [-0.1, -0.05) is 42.5 Å². The van der Waals surface area contributed by atoms with Gasteiger partial charge < -0.3 is 11.1 Å². The molecule has 0 radical (unpaired) electrons. The molecule has 0 fully saturated rings. The Morgan fingerprint density at radius 1 is 1.22 bits per heavy atom. The maximum atomic E-state index is 11.9. The predicted octanol–water partition coefficient (Wildman–Crippen LogP) is 2.62. The Morgan fingerprint density at radius 2 is 1.91 bits per heavy atom. The fourth-order valence-electron chi connectivity index (χ4n) is 2.42. The van der Waals surface area contributed by atoms with Gasteiger partial charge in [-0.3, -0.25) is 4.79 Å². The summed E-state index contributed by atoms with van der Waals surface area (Å²) in [5.41, 5.74) is 9.30. The summed E-state index contributed by atoms with van der Waals surface area (Å²) in [5.74, 6) is -0.175. The molecule has 2 rings (SSSR count). The number of nitrogens with two attached hydrogens (primary N) is 1. The van der Waals surface area contributed by atoms with Crippen LogP contribution in [0.25, 0.3) is 11.1 Å². The topological polar surface area (TPSA) is 78.9 Å². The van der Waals surface area contributed by atoms with Gasteiger partial charge >= 0.3 is 0 Å². The lowest BCUT2D eigenvalue weighted by atomic mass is 9.96. The lowest BCUT2D eigenvalue weighted by Crippen LogP contribution is -2.44. The first-order valence-electron chi connectivity index (χ1n) is 7.65. The summed E-state index contributed by atoms with van der Waals surface area (Å²) in [4.78, 5) is 11.9. The third kappa shape index (κ3) is 4.41. The highest BCUT2D eigenvalue weighted by Gasteiger charge is 2.15. The van der Waals surface area contributed by atoms with Crippen LogP contribution >= 0.6 is 0 Å². The highest BCUT2D eigenvalue weighted by molar-refractivity contribution is 5.82. The first kappa shape index (κ1) is 16.7. The molecule has 1 atom stereocenters. The normalized spacial score (nSPS) is 11.8. The Labute approximate surface area is 136 Å². The number of benzene rings is 2. The average Bonchev–Trinajstić information content (AvgIpc) is 2.54. The van der Waals surface area contributed by atoms with E-state index in [0.717, 1.165) is 16.7 Å². The Bertz CT molecular complexity index is 717. The number of amides is 1. The van der Waals surface area contributed by atoms with Crippen molar-refractivity contribution < 1.29 is 4.79 Å². The van der Waals surface area contributed by atoms with Crippen molar-refractivity contribution in [2.75, 3.05) is 0 Å². The summed E-state index contributed by atoms with van der Waals surface area (Å²) < 4.78 is 0. The van der Waals surface area contributed by atoms with Crippen LogP contribution in [0.15, 0.2) is 48.5 Å². The van der Waals surface area contributed by atoms with Crippen molar-refractivity contribution in [1.82, 2.24) is 5.32 Å². The molecule has 4 heteroatoms. The SMILES string of the molecule is CC(C)NC(=O)[C@@H](N)Cc1ccc(-c2ccccc2)c(C#N)c1. The molecule has 0 aromatic heterocycles. The lowest BCUT2D eigenvalue weighted by Gasteiger charge is -2.15. The van der Waals surface area contributed by atoms with Crippen LogP contribution in [0.4, 0.5) is 0 Å². The fourth-order valence-corrected chi connectivity index (χ4v) is 2.42. The molecule has 0 saturated heterocycles. The van der Waals surface area contributed by atoms with Crippen LogP contribution in [-0.4, -0.2) is 18.0 Å². The second-order valence-corrected chi connectivity index (χ2v) is 5.83. The molecule has 4 nitrogen and oxygen atoms in total. The van der Waals surface area contributed by atoms with Crippen molar-refractivity contribution in [1.29, 1.82) is 5.26 Å². The number of carbonyl (C=O) groups is 1. The van der Waals surface area contributed by atoms with E-state index in [1.54, 1.807) is 0 Å². The van der Waals surface area contributed by atoms with Gasteiger partial charge in [0.05, 0.1) is 17.7 Å². The van der Waals surface area contributed by atoms with Crippen molar-refractivity contribution in [2.24, 2.45) is 5.73 Å². The van der Waals surface area contributed by atoms with E-state index in [0.29, 0.717) is 12.0 Å². The molecule has 0 spiro atoms. The largest absolute Gasteiger partial charge is 0.353 e. The number of hydrogen-bond acceptors (Lipinski definition) is 3. The molecule has 0 unspecified atom stereocenters. The Kier molecular flexibility index (Phi) is 5.51. The molecule has 2 aromatic carbocycles. The molecule has 0 aliphatic rings. The van der Waals surface area contributed by atoms with Gasteiger partial charge in [-0.2, -0.15) is 5.26 Å². The minimum absolute atomic E-state index is 0.0590. The summed E-state index contributed by atoms with van der Waals surface area (Å²) in [5, 5.41) is 12.2. The molecule has 1 amide bonds. The summed E-state index contributed by atoms with van der Waals surface area (Å²) >= 11 is 0. The maximum absolute atomic E-state index is 11.9. The fraction of sp³-hybridized carbons (Fsp3) is 0.263. The average molecular weight is 307 g/mol. The number of nitrogens with zero attached hydrogens (tertiary/aromatic N) is 1. The van der Waals surface area contributed by atoms with E-state index < -0.39 is 6.04 Å². The van der Waals surface area contributed by atoms with Crippen molar-refractivity contribution in [2.45, 2.75) is 32.4 Å². The molecule has 0 bridgehead atoms. The van der Waals surface area contributed by atoms with Crippen LogP contribution in [0, 0.1) is 11.3 Å². The van der Waals surface area contributed by atoms with Gasteiger partial charge in [0.2, 0.25) is 5.91 Å². The lowest BCUT2D eigenvalue weighted by molar-refractivity contribution is -0.122. The van der Waals surface area contributed by atoms with E-state index in [-0.39, 0.29) is 11.9 Å². The van der Waals surface area contributed by atoms with Crippen LogP contribution in [0.3, 0.4) is 0 Å². The van der Waals surface area contributed by atoms with Gasteiger partial charge in [-0.25, -0.2) is 0 Å². The molecule has 0 heterocycles. The minimum atomic E-state index is -0.619. The number of nitrogens with one attached hydrogen (secondary N) is 1. The van der Waals surface area contributed by atoms with Crippen LogP contribution in [0.2, 0.25) is 0 Å². The summed E-state index contributed by atoms with van der Waals surface area (Å²) in [6.45, 7) is 3.79. The summed E-state index contributed by atoms with van der Waals surface area (Å²) in [6.07, 6.45) is 0.405. The number of hydrogen-bond donors (Lipinski definition) is 2. The molecular weight excluding hydrogens is 286 g/mol. The van der Waals surface area contributed by atoms with Crippen molar-refractivity contribution in [3.05, 3.63) is 59.7 Å². The van der Waals surface area contributed by atoms with E-state index in [2.05, 4.69) is 11.4 Å². The molecular formula is C19H21N3O. The zero-order valence-electron chi connectivity index (χ0n) is 13.4. The van der Waals surface area contributed by atoms with E-state index >= 15 is 0 Å². The van der Waals surface area contributed by atoms with Gasteiger partial charge in [-0.05, 0) is 43.0 Å². The van der Waals surface area contributed by atoms with Crippen LogP contribution in [-0.2, 0) is 11.2 Å². The zero-order valence-corrected chi connectivity index (χ0v) is 13.4. The Hall–Kier alpha value is -2.64. The summed E-state index contributed by atoms with van der Waals surface area (Å²) in [7, 11) is 0. The quantitative estimate of drug-likeness (QED) is 0.891. The van der Waals surface area contributed by atoms with Crippen LogP contribution in [0.1, 0.15) is 25.0 Å². The first-order chi connectivity index (χ1) is 11.0. The second kappa shape index (κ2) is 7.57. The third-order valence-corrected chi connectivity index (χ3v) is 3.51. The molecule has 2 aromatic rings. The van der Waals surface area contributed by atoms with Crippen molar-refractivity contribution in [3.8, 4) is 17.2 Å². The Balaban J connectivity index is 2.20. The molecule has 3 N–H and O–H groups in total. The van der Waals surface area contributed by atoms with Crippen molar-refractivity contribution >= 4 is 5.91 Å². The van der Waals surface area contributed by atoms with E-state index in [4.69, 9.17) is 5.73 Å². The molecule has 0 aliphatic carbocycles. The standard InChI is InChI=1S/C19H21N3O/c1-13(2)22-19(23)18(21)11-14-8-9-17(16(10-14)12-20)15-6-4-3-5-7-15/h3-10,13,18H,11,21H2,1-2H3,(H,22,23)/t18-/m0/s1. The maximum Gasteiger partial charge on any atom is 0.237 e. The predicted molar refractivity (Wildman–Crippen MR) is 91.6 cm³/mol. The summed E-state index contributed by atoms with van der Waals surface area (Å²) in [6, 6.07) is 17.1. The van der Waals surface area contributed by atoms with Crippen LogP contribution < -0.4 is 11.1 Å². The number of nitriles is 1. The van der Waals surface area contributed by atoms with E-state index in [9.17, 15) is 10.1 Å². The number of carbonyl (C=O) groups excluding carboxylic acids is 1. The molecule has 118 valence electrons. The second-order valence-electron chi connectivity index (χ2n) is 5.83. The van der Waals surface area contributed by atoms with Gasteiger partial charge in [0.1, 0.15) is 0 Å². The zero-order chi connectivity index (χ0) is 16.8. The third-order valence-electron chi connectivity index (χ3n) is 3.51.